The van der Waals surface area contributed by atoms with Crippen molar-refractivity contribution in [1.82, 2.24) is 15.7 Å². The number of hydrogen-bond donors (Lipinski definition) is 8. The number of carbonyl (C=O) groups is 4. The van der Waals surface area contributed by atoms with Gasteiger partial charge in [0.1, 0.15) is 42.2 Å². The molecule has 18 unspecified atom stereocenters. The summed E-state index contributed by atoms with van der Waals surface area (Å²) in [7, 11) is 6.75. The van der Waals surface area contributed by atoms with Gasteiger partial charge in [-0.2, -0.15) is 18.1 Å². The molecule has 21 atom stereocenters. The van der Waals surface area contributed by atoms with E-state index in [0.29, 0.717) is 21.3 Å². The molecule has 2 amide bonds. The fourth-order valence-electron chi connectivity index (χ4n) is 11.6. The van der Waals surface area contributed by atoms with E-state index < -0.39 is 157 Å². The number of hydroxylamine groups is 1. The summed E-state index contributed by atoms with van der Waals surface area (Å²) in [6.07, 6.45) is -13.2. The van der Waals surface area contributed by atoms with Crippen molar-refractivity contribution in [2.24, 2.45) is 11.8 Å². The number of ketones is 1. The Bertz CT molecular complexity index is 2730. The third kappa shape index (κ3) is 15.1. The Morgan fingerprint density at radius 3 is 2.19 bits per heavy atom. The lowest BCUT2D eigenvalue weighted by atomic mass is 9.54. The molecule has 1 aromatic carbocycles. The van der Waals surface area contributed by atoms with Gasteiger partial charge in [-0.05, 0) is 80.5 Å². The number of aliphatic hydroxyl groups is 5. The number of thioether (sulfide) groups is 1. The summed E-state index contributed by atoms with van der Waals surface area (Å²) < 4.78 is 72.3. The largest absolute Gasteiger partial charge is 0.492 e. The Hall–Kier alpha value is -3.87. The van der Waals surface area contributed by atoms with Gasteiger partial charge in [0.25, 0.3) is 0 Å². The number of fused-ring (bicyclic) bond motifs is 1. The van der Waals surface area contributed by atoms with E-state index in [1.165, 1.54) is 47.5 Å². The molecule has 472 valence electrons. The summed E-state index contributed by atoms with van der Waals surface area (Å²) in [5.74, 6) is 9.96. The maximum absolute atomic E-state index is 14.4. The zero-order valence-electron chi connectivity index (χ0n) is 49.1. The van der Waals surface area contributed by atoms with E-state index in [1.807, 2.05) is 29.5 Å². The molecule has 7 rings (SSSR count). The minimum absolute atomic E-state index is 0.0234. The summed E-state index contributed by atoms with van der Waals surface area (Å²) >= 11 is 7.24. The second-order valence-electron chi connectivity index (χ2n) is 21.2. The van der Waals surface area contributed by atoms with Crippen LogP contribution in [-0.4, -0.2) is 230 Å². The average Bonchev–Trinajstić information content (AvgIpc) is 2.84. The molecule has 7 N–H and O–H groups in total. The first-order valence-electron chi connectivity index (χ1n) is 27.7. The Morgan fingerprint density at radius 2 is 1.56 bits per heavy atom. The lowest BCUT2D eigenvalue weighted by molar-refractivity contribution is -0.342. The van der Waals surface area contributed by atoms with E-state index in [0.717, 1.165) is 18.9 Å². The van der Waals surface area contributed by atoms with E-state index in [2.05, 4.69) is 51.8 Å². The van der Waals surface area contributed by atoms with Crippen LogP contribution >= 0.6 is 47.0 Å². The topological polar surface area (TPSA) is 317 Å². The quantitative estimate of drug-likeness (QED) is 0.0269. The SMILES string of the molecule is CCN(C(C)=O)C1COC(OC2C(O[C@H]3C#C/C=C\C#C[C@H]4C3/C(=C/CS)[C@@]4(O)CC(=O)CNC(=O)OC)OC(C)C(NOC3CC(O)C(SC(=O)c4c(C)c(I)c(OC5OC(C)C(O)C(OC)C5O)c(OC)c4OC)C(C)O3)C2O)CC1OC. The van der Waals surface area contributed by atoms with Gasteiger partial charge in [-0.25, -0.2) is 4.79 Å². The van der Waals surface area contributed by atoms with Gasteiger partial charge in [-0.3, -0.25) is 19.2 Å². The minimum Gasteiger partial charge on any atom is -0.492 e. The number of hydrogen-bond acceptors (Lipinski definition) is 25. The monoisotopic (exact) mass is 1350 g/mol. The number of halogens is 1. The number of aliphatic hydroxyl groups excluding tert-OH is 4. The zero-order chi connectivity index (χ0) is 62.2. The van der Waals surface area contributed by atoms with Gasteiger partial charge < -0.3 is 92.6 Å². The Kier molecular flexibility index (Phi) is 24.7. The van der Waals surface area contributed by atoms with Crippen LogP contribution in [0.25, 0.3) is 0 Å². The van der Waals surface area contributed by atoms with Crippen LogP contribution in [0.5, 0.6) is 17.2 Å². The van der Waals surface area contributed by atoms with Gasteiger partial charge >= 0.3 is 6.09 Å². The predicted molar refractivity (Wildman–Crippen MR) is 314 cm³/mol. The molecule has 5 fully saturated rings. The first kappa shape index (κ1) is 68.6. The lowest BCUT2D eigenvalue weighted by Gasteiger charge is -2.54. The molecular weight excluding hydrogens is 1270 g/mol. The predicted octanol–water partition coefficient (Wildman–Crippen LogP) is 1.70. The lowest BCUT2D eigenvalue weighted by Crippen LogP contribution is -2.66. The normalized spacial score (nSPS) is 36.9. The fourth-order valence-corrected chi connectivity index (χ4v) is 13.6. The fraction of sp³-hybridized carbons (Fsp3) is 0.684. The number of nitrogens with zero attached hydrogens (tertiary/aromatic N) is 1. The molecule has 0 spiro atoms. The smallest absolute Gasteiger partial charge is 0.407 e. The van der Waals surface area contributed by atoms with Crippen LogP contribution in [0.1, 0.15) is 69.8 Å². The number of methoxy groups -OCH3 is 5. The van der Waals surface area contributed by atoms with Gasteiger partial charge in [-0.1, -0.05) is 41.5 Å². The Labute approximate surface area is 517 Å². The second-order valence-corrected chi connectivity index (χ2v) is 23.8. The van der Waals surface area contributed by atoms with Crippen molar-refractivity contribution in [3.8, 4) is 40.9 Å². The number of allylic oxidation sites excluding steroid dienone is 2. The number of likely N-dealkylation sites (N-methyl/N-ethyl adjacent to an activating group) is 1. The molecule has 25 nitrogen and oxygen atoms in total. The van der Waals surface area contributed by atoms with Crippen LogP contribution in [0.15, 0.2) is 23.8 Å². The Morgan fingerprint density at radius 1 is 0.871 bits per heavy atom. The number of alkyl carbamates (subject to hydrolysis) is 1. The average molecular weight is 1350 g/mol. The van der Waals surface area contributed by atoms with Crippen LogP contribution < -0.4 is 25.0 Å². The van der Waals surface area contributed by atoms with Crippen molar-refractivity contribution in [1.29, 1.82) is 0 Å². The van der Waals surface area contributed by atoms with Crippen LogP contribution in [0.2, 0.25) is 0 Å². The van der Waals surface area contributed by atoms with Crippen LogP contribution in [-0.2, 0) is 57.1 Å². The number of ether oxygens (including phenoxy) is 12. The van der Waals surface area contributed by atoms with Gasteiger partial charge in [0.15, 0.2) is 36.2 Å². The highest BCUT2D eigenvalue weighted by atomic mass is 127. The maximum atomic E-state index is 14.4. The van der Waals surface area contributed by atoms with E-state index in [1.54, 1.807) is 38.7 Å². The number of Topliss-reactive ketones (excluding diaryl/α,β-unsaturated/α-hetero) is 1. The summed E-state index contributed by atoms with van der Waals surface area (Å²) in [6, 6.07) is -1.53. The van der Waals surface area contributed by atoms with Crippen LogP contribution in [0, 0.1) is 46.0 Å². The summed E-state index contributed by atoms with van der Waals surface area (Å²) in [5, 5.41) is 59.1. The molecule has 6 aliphatic rings. The number of benzene rings is 1. The first-order valence-corrected chi connectivity index (χ1v) is 30.3. The molecule has 1 aromatic rings. The molecule has 85 heavy (non-hydrogen) atoms. The van der Waals surface area contributed by atoms with Gasteiger partial charge in [0.2, 0.25) is 23.1 Å². The van der Waals surface area contributed by atoms with Crippen LogP contribution in [0.4, 0.5) is 4.79 Å². The molecule has 4 aliphatic heterocycles. The molecule has 0 bridgehead atoms. The number of carbonyl (C=O) groups excluding carboxylic acids is 4. The van der Waals surface area contributed by atoms with Crippen molar-refractivity contribution < 1.29 is 106 Å². The van der Waals surface area contributed by atoms with Crippen LogP contribution in [0.3, 0.4) is 0 Å². The van der Waals surface area contributed by atoms with Crippen molar-refractivity contribution in [3.63, 3.8) is 0 Å². The molecular formula is C57H78IN3O22S2. The third-order valence-electron chi connectivity index (χ3n) is 16.0. The molecule has 1 saturated carbocycles. The van der Waals surface area contributed by atoms with Gasteiger partial charge in [-0.15, -0.1) is 0 Å². The number of nitrogens with one attached hydrogen (secondary N) is 2. The standard InChI is InChI=1S/C57H78IN3O22S2/c1-12-61(30(6)62)34-25-76-38(22-37(34)71-7)81-50-45(66)43(27(3)78-55(50)80-36-18-16-14-13-15-17-32-41(36)33(19-20-84)57(32,70)23-31(63)24-59-56(69)75-11)60-83-39-21-35(64)52(29(5)77-39)85-53(68)40-26(2)42(58)48(51(74-10)47(40)72-8)82-54-46(67)49(73-9)44(65)28(4)79-54/h13-14,19,27-29,32,34-39,41,43-46,49-50,52,54-55,60,64-67,70,84H,12,20-25H2,1-11H3,(H,59,69)/b14-13-,33-19-/t27?,28?,29?,32-,34?,35?,36-,37?,38?,39?,41?,43?,44?,45?,46?,49?,50?,52?,54?,55?,57+/m0/s1. The molecule has 28 heteroatoms. The summed E-state index contributed by atoms with van der Waals surface area (Å²) in [6.45, 7) is 9.94. The number of rotatable bonds is 22. The van der Waals surface area contributed by atoms with Crippen molar-refractivity contribution in [3.05, 3.63) is 38.5 Å². The number of thiol groups is 1. The first-order chi connectivity index (χ1) is 40.5. The zero-order valence-corrected chi connectivity index (χ0v) is 53.0. The van der Waals surface area contributed by atoms with Crippen molar-refractivity contribution in [2.45, 2.75) is 176 Å². The second kappa shape index (κ2) is 30.6. The van der Waals surface area contributed by atoms with Crippen molar-refractivity contribution >= 4 is 69.9 Å². The van der Waals surface area contributed by atoms with Crippen molar-refractivity contribution in [2.75, 3.05) is 61.0 Å². The molecule has 0 radical (unpaired) electrons. The minimum atomic E-state index is -1.81. The third-order valence-corrected chi connectivity index (χ3v) is 18.9. The summed E-state index contributed by atoms with van der Waals surface area (Å²) in [5.41, 5.74) is 2.01. The molecule has 2 aliphatic carbocycles. The van der Waals surface area contributed by atoms with E-state index in [4.69, 9.17) is 56.9 Å². The highest BCUT2D eigenvalue weighted by molar-refractivity contribution is 14.1. The van der Waals surface area contributed by atoms with E-state index >= 15 is 0 Å². The van der Waals surface area contributed by atoms with E-state index in [-0.39, 0.29) is 53.9 Å². The highest BCUT2D eigenvalue weighted by Gasteiger charge is 2.61. The van der Waals surface area contributed by atoms with Gasteiger partial charge in [0.05, 0.1) is 97.4 Å². The van der Waals surface area contributed by atoms with E-state index in [9.17, 15) is 44.7 Å². The molecule has 0 aromatic heterocycles. The highest BCUT2D eigenvalue weighted by Crippen LogP contribution is 2.54. The number of amides is 2. The Balaban J connectivity index is 1.08. The molecule has 4 heterocycles. The molecule has 4 saturated heterocycles. The van der Waals surface area contributed by atoms with Gasteiger partial charge in [0, 0.05) is 58.6 Å². The summed E-state index contributed by atoms with van der Waals surface area (Å²) in [4.78, 5) is 59.9. The maximum Gasteiger partial charge on any atom is 0.407 e.